The summed E-state index contributed by atoms with van der Waals surface area (Å²) in [6, 6.07) is 12.3. The predicted molar refractivity (Wildman–Crippen MR) is 152 cm³/mol. The van der Waals surface area contributed by atoms with E-state index in [4.69, 9.17) is 19.1 Å². The number of fused-ring (bicyclic) bond motifs is 1. The zero-order valence-corrected chi connectivity index (χ0v) is 25.4. The summed E-state index contributed by atoms with van der Waals surface area (Å²) in [5, 5.41) is 23.8. The van der Waals surface area contributed by atoms with Crippen molar-refractivity contribution in [2.45, 2.75) is 63.7 Å². The minimum atomic E-state index is -3.20. The van der Waals surface area contributed by atoms with Crippen molar-refractivity contribution in [1.82, 2.24) is 14.6 Å². The van der Waals surface area contributed by atoms with Crippen LogP contribution in [-0.4, -0.2) is 62.1 Å². The van der Waals surface area contributed by atoms with Gasteiger partial charge in [0.25, 0.3) is 11.4 Å². The Balaban J connectivity index is 0.000000363. The molecule has 6 atom stereocenters. The molecule has 1 unspecified atom stereocenters. The molecule has 2 heterocycles. The van der Waals surface area contributed by atoms with Crippen molar-refractivity contribution in [2.24, 2.45) is 0 Å². The molecule has 1 aromatic heterocycles. The Bertz CT molecular complexity index is 1570. The van der Waals surface area contributed by atoms with Crippen LogP contribution in [0.4, 0.5) is 8.78 Å². The first-order valence-corrected chi connectivity index (χ1v) is 14.5. The highest BCUT2D eigenvalue weighted by Crippen LogP contribution is 2.48. The van der Waals surface area contributed by atoms with Crippen LogP contribution in [0.3, 0.4) is 0 Å². The van der Waals surface area contributed by atoms with Crippen LogP contribution in [0.5, 0.6) is 5.75 Å². The zero-order chi connectivity index (χ0) is 31.4. The van der Waals surface area contributed by atoms with E-state index in [1.54, 1.807) is 26.0 Å². The van der Waals surface area contributed by atoms with Gasteiger partial charge in [-0.15, -0.1) is 4.52 Å². The fourth-order valence-corrected chi connectivity index (χ4v) is 5.01. The van der Waals surface area contributed by atoms with E-state index < -0.39 is 68.0 Å². The number of phenols is 1. The number of ether oxygens (including phenoxy) is 2. The highest BCUT2D eigenvalue weighted by molar-refractivity contribution is 9.10. The standard InChI is InChI=1S/C16H21BrF2N3O8P.C10H8O/c1-7(2)29-11(24)8(3)21-31(27)28-6-16(19)12(25)15(4,18)13(30-16)22-5-9(17)10(23)20-14(22)26;11-10-6-5-8-3-1-2-4-9(8)7-10/h5,7-8,12-13,25H,6H2,1-4H3,(H-,20,21,23,26,27);1-7,11H/p+1/t8-,12-,13+,15+,16+;/m0./s1. The third kappa shape index (κ3) is 7.85. The zero-order valence-electron chi connectivity index (χ0n) is 22.9. The summed E-state index contributed by atoms with van der Waals surface area (Å²) in [4.78, 5) is 37.1. The number of aliphatic hydroxyl groups excluding tert-OH is 1. The van der Waals surface area contributed by atoms with Crippen molar-refractivity contribution in [3.8, 4) is 5.75 Å². The molecule has 1 saturated heterocycles. The van der Waals surface area contributed by atoms with Gasteiger partial charge >= 0.3 is 19.8 Å². The molecular formula is C26H30BrF2N3O9P+. The van der Waals surface area contributed by atoms with Crippen molar-refractivity contribution < 1.29 is 42.4 Å². The number of carbonyl (C=O) groups is 1. The van der Waals surface area contributed by atoms with Crippen LogP contribution in [0.2, 0.25) is 0 Å². The van der Waals surface area contributed by atoms with Gasteiger partial charge in [-0.3, -0.25) is 19.1 Å². The average molecular weight is 677 g/mol. The van der Waals surface area contributed by atoms with Crippen LogP contribution < -0.4 is 16.3 Å². The molecule has 0 saturated carbocycles. The van der Waals surface area contributed by atoms with Gasteiger partial charge in [-0.05, 0) is 71.1 Å². The van der Waals surface area contributed by atoms with E-state index in [2.05, 4.69) is 21.0 Å². The molecule has 1 aliphatic heterocycles. The molecule has 16 heteroatoms. The number of carbonyl (C=O) groups excluding carboxylic acids is 1. The van der Waals surface area contributed by atoms with Crippen LogP contribution >= 0.6 is 24.1 Å². The lowest BCUT2D eigenvalue weighted by atomic mass is 9.97. The molecule has 0 spiro atoms. The van der Waals surface area contributed by atoms with Gasteiger partial charge in [0.1, 0.15) is 11.8 Å². The van der Waals surface area contributed by atoms with Gasteiger partial charge in [0.05, 0.1) is 10.6 Å². The summed E-state index contributed by atoms with van der Waals surface area (Å²) in [6.45, 7) is 4.16. The van der Waals surface area contributed by atoms with Gasteiger partial charge in [-0.2, -0.15) is 0 Å². The molecule has 1 fully saturated rings. The summed E-state index contributed by atoms with van der Waals surface area (Å²) >= 11 is 2.86. The maximum Gasteiger partial charge on any atom is 0.614 e. The highest BCUT2D eigenvalue weighted by Gasteiger charge is 2.65. The third-order valence-corrected chi connectivity index (χ3v) is 7.55. The van der Waals surface area contributed by atoms with Crippen molar-refractivity contribution >= 4 is 40.9 Å². The molecule has 2 aromatic carbocycles. The Kier molecular flexibility index (Phi) is 10.7. The Hall–Kier alpha value is -3.07. The van der Waals surface area contributed by atoms with Crippen molar-refractivity contribution in [3.05, 3.63) is 74.0 Å². The number of alkyl halides is 2. The number of aromatic amines is 1. The smallest absolute Gasteiger partial charge is 0.508 e. The second kappa shape index (κ2) is 13.5. The number of aliphatic hydroxyl groups is 1. The summed E-state index contributed by atoms with van der Waals surface area (Å²) < 4.78 is 57.4. The lowest BCUT2D eigenvalue weighted by molar-refractivity contribution is -0.202. The molecule has 0 amide bonds. The van der Waals surface area contributed by atoms with E-state index in [0.29, 0.717) is 10.3 Å². The maximum atomic E-state index is 15.2. The quantitative estimate of drug-likeness (QED) is 0.204. The number of esters is 1. The number of rotatable bonds is 8. The normalized spacial score (nSPS) is 24.6. The van der Waals surface area contributed by atoms with Crippen LogP contribution in [-0.2, 0) is 23.4 Å². The van der Waals surface area contributed by atoms with Gasteiger partial charge in [-0.25, -0.2) is 13.6 Å². The Labute approximate surface area is 247 Å². The van der Waals surface area contributed by atoms with Crippen molar-refractivity contribution in [2.75, 3.05) is 6.61 Å². The molecule has 4 rings (SSSR count). The molecule has 0 radical (unpaired) electrons. The fraction of sp³-hybridized carbons (Fsp3) is 0.423. The van der Waals surface area contributed by atoms with Crippen LogP contribution in [0.1, 0.15) is 33.9 Å². The van der Waals surface area contributed by atoms with E-state index in [1.807, 2.05) is 35.3 Å². The van der Waals surface area contributed by atoms with E-state index in [9.17, 15) is 24.1 Å². The van der Waals surface area contributed by atoms with Gasteiger partial charge in [-0.1, -0.05) is 35.4 Å². The number of halogens is 3. The lowest BCUT2D eigenvalue weighted by Gasteiger charge is -2.24. The number of benzene rings is 2. The van der Waals surface area contributed by atoms with Crippen LogP contribution in [0.15, 0.2) is 62.7 Å². The molecular weight excluding hydrogens is 647 g/mol. The molecule has 42 heavy (non-hydrogen) atoms. The van der Waals surface area contributed by atoms with E-state index in [-0.39, 0.29) is 4.47 Å². The Morgan fingerprint density at radius 1 is 1.21 bits per heavy atom. The van der Waals surface area contributed by atoms with Crippen LogP contribution in [0, 0.1) is 0 Å². The second-order valence-electron chi connectivity index (χ2n) is 9.85. The summed E-state index contributed by atoms with van der Waals surface area (Å²) in [6.07, 6.45) is -3.97. The van der Waals surface area contributed by atoms with Gasteiger partial charge in [0.15, 0.2) is 24.6 Å². The van der Waals surface area contributed by atoms with Crippen molar-refractivity contribution in [1.29, 1.82) is 0 Å². The monoisotopic (exact) mass is 676 g/mol. The first-order valence-electron chi connectivity index (χ1n) is 12.5. The molecule has 0 aliphatic carbocycles. The first-order chi connectivity index (χ1) is 19.5. The molecule has 4 N–H and O–H groups in total. The van der Waals surface area contributed by atoms with Crippen LogP contribution in [0.25, 0.3) is 10.8 Å². The SMILES string of the molecule is CC(C)OC(=O)[C@H](C)N[P+](=O)OC[C@@]1(F)O[C@@H](n2cc(Br)c(=O)[nH]c2=O)[C@](C)(F)[C@@H]1O.Oc1ccc2ccccc2c1. The number of nitrogens with zero attached hydrogens (tertiary/aromatic N) is 1. The fourth-order valence-electron chi connectivity index (χ4n) is 3.90. The number of hydrogen-bond acceptors (Lipinski definition) is 9. The number of aromatic hydroxyl groups is 1. The summed E-state index contributed by atoms with van der Waals surface area (Å²) in [5.41, 5.74) is -4.75. The topological polar surface area (TPSA) is 169 Å². The largest absolute Gasteiger partial charge is 0.614 e. The Morgan fingerprint density at radius 2 is 1.86 bits per heavy atom. The molecule has 1 aliphatic rings. The maximum absolute atomic E-state index is 15.2. The first kappa shape index (κ1) is 33.4. The average Bonchev–Trinajstić information content (AvgIpc) is 3.09. The van der Waals surface area contributed by atoms with Gasteiger partial charge in [0.2, 0.25) is 0 Å². The lowest BCUT2D eigenvalue weighted by Crippen LogP contribution is -2.47. The second-order valence-corrected chi connectivity index (χ2v) is 11.7. The van der Waals surface area contributed by atoms with Crippen molar-refractivity contribution in [3.63, 3.8) is 0 Å². The number of phenolic OH excluding ortho intramolecular Hbond substituents is 1. The number of H-pyrrole nitrogens is 1. The van der Waals surface area contributed by atoms with E-state index in [1.165, 1.54) is 6.92 Å². The summed E-state index contributed by atoms with van der Waals surface area (Å²) in [7, 11) is -2.84. The molecule has 3 aromatic rings. The van der Waals surface area contributed by atoms with E-state index in [0.717, 1.165) is 23.9 Å². The number of aromatic nitrogens is 2. The predicted octanol–water partition coefficient (Wildman–Crippen LogP) is 3.73. The molecule has 228 valence electrons. The number of hydrogen-bond donors (Lipinski definition) is 4. The van der Waals surface area contributed by atoms with Gasteiger partial charge < -0.3 is 19.7 Å². The minimum absolute atomic E-state index is 0.164. The molecule has 12 nitrogen and oxygen atoms in total. The van der Waals surface area contributed by atoms with Gasteiger partial charge in [0, 0.05) is 6.20 Å². The third-order valence-electron chi connectivity index (χ3n) is 6.03. The minimum Gasteiger partial charge on any atom is -0.508 e. The molecule has 0 bridgehead atoms. The van der Waals surface area contributed by atoms with E-state index >= 15 is 8.78 Å². The number of nitrogens with one attached hydrogen (secondary N) is 2. The summed E-state index contributed by atoms with van der Waals surface area (Å²) in [5.74, 6) is -3.61. The Morgan fingerprint density at radius 3 is 2.50 bits per heavy atom. The highest BCUT2D eigenvalue weighted by atomic mass is 79.9.